The van der Waals surface area contributed by atoms with Crippen molar-refractivity contribution < 1.29 is 27.4 Å². The molecule has 0 aliphatic rings. The molecule has 0 heterocycles. The summed E-state index contributed by atoms with van der Waals surface area (Å²) in [6.07, 6.45) is -4.37. The number of ether oxygens (including phenoxy) is 2. The number of hydrogen-bond acceptors (Lipinski definition) is 3. The number of alkyl halides is 3. The predicted octanol–water partition coefficient (Wildman–Crippen LogP) is 3.93. The van der Waals surface area contributed by atoms with Crippen LogP contribution in [0.1, 0.15) is 11.1 Å². The number of nitrogens with zero attached hydrogens (tertiary/aromatic N) is 1. The van der Waals surface area contributed by atoms with Gasteiger partial charge in [-0.25, -0.2) is 4.79 Å². The Morgan fingerprint density at radius 2 is 1.70 bits per heavy atom. The molecule has 0 bridgehead atoms. The van der Waals surface area contributed by atoms with Crippen LogP contribution in [0.25, 0.3) is 0 Å². The summed E-state index contributed by atoms with van der Waals surface area (Å²) in [5.74, 6) is 1.18. The number of halogens is 3. The van der Waals surface area contributed by atoms with Crippen molar-refractivity contribution in [3.63, 3.8) is 0 Å². The smallest absolute Gasteiger partial charge is 0.416 e. The van der Waals surface area contributed by atoms with E-state index in [1.54, 1.807) is 26.3 Å². The van der Waals surface area contributed by atoms with Crippen LogP contribution in [0.15, 0.2) is 48.5 Å². The van der Waals surface area contributed by atoms with Crippen molar-refractivity contribution in [3.8, 4) is 11.5 Å². The molecule has 0 radical (unpaired) electrons. The fourth-order valence-electron chi connectivity index (χ4n) is 2.34. The van der Waals surface area contributed by atoms with Crippen LogP contribution in [0.4, 0.5) is 18.0 Å². The van der Waals surface area contributed by atoms with Gasteiger partial charge in [0.15, 0.2) is 11.5 Å². The predicted molar refractivity (Wildman–Crippen MR) is 94.8 cm³/mol. The Kier molecular flexibility index (Phi) is 6.92. The fourth-order valence-corrected chi connectivity index (χ4v) is 2.34. The van der Waals surface area contributed by atoms with E-state index >= 15 is 0 Å². The summed E-state index contributed by atoms with van der Waals surface area (Å²) in [5.41, 5.74) is -0.113. The molecule has 146 valence electrons. The first-order chi connectivity index (χ1) is 12.8. The van der Waals surface area contributed by atoms with Crippen molar-refractivity contribution in [2.24, 2.45) is 0 Å². The first kappa shape index (κ1) is 20.4. The average molecular weight is 382 g/mol. The Morgan fingerprint density at radius 3 is 2.30 bits per heavy atom. The maximum atomic E-state index is 12.6. The second-order valence-electron chi connectivity index (χ2n) is 5.78. The number of para-hydroxylation sites is 2. The zero-order chi connectivity index (χ0) is 19.9. The van der Waals surface area contributed by atoms with Crippen molar-refractivity contribution in [1.29, 1.82) is 0 Å². The monoisotopic (exact) mass is 382 g/mol. The van der Waals surface area contributed by atoms with Crippen molar-refractivity contribution in [1.82, 2.24) is 10.2 Å². The molecule has 2 aromatic carbocycles. The third kappa shape index (κ3) is 6.09. The van der Waals surface area contributed by atoms with E-state index in [4.69, 9.17) is 9.47 Å². The molecule has 0 aromatic heterocycles. The van der Waals surface area contributed by atoms with E-state index in [1.807, 2.05) is 12.1 Å². The van der Waals surface area contributed by atoms with Gasteiger partial charge in [-0.3, -0.25) is 0 Å². The molecule has 27 heavy (non-hydrogen) atoms. The number of urea groups is 1. The normalized spacial score (nSPS) is 11.0. The Morgan fingerprint density at radius 1 is 1.07 bits per heavy atom. The molecule has 0 spiro atoms. The van der Waals surface area contributed by atoms with Crippen LogP contribution in [0.3, 0.4) is 0 Å². The molecule has 1 N–H and O–H groups in total. The Balaban J connectivity index is 1.77. The number of carbonyl (C=O) groups excluding carboxylic acids is 1. The number of amides is 2. The summed E-state index contributed by atoms with van der Waals surface area (Å²) >= 11 is 0. The lowest BCUT2D eigenvalue weighted by Gasteiger charge is -2.18. The van der Waals surface area contributed by atoms with Gasteiger partial charge in [0.1, 0.15) is 6.61 Å². The van der Waals surface area contributed by atoms with Gasteiger partial charge in [-0.1, -0.05) is 24.3 Å². The molecule has 0 aliphatic carbocycles. The number of rotatable bonds is 7. The highest BCUT2D eigenvalue weighted by Gasteiger charge is 2.29. The number of benzene rings is 2. The maximum Gasteiger partial charge on any atom is 0.416 e. The number of hydrogen-bond donors (Lipinski definition) is 1. The van der Waals surface area contributed by atoms with E-state index in [2.05, 4.69) is 5.32 Å². The second-order valence-corrected chi connectivity index (χ2v) is 5.78. The van der Waals surface area contributed by atoms with Crippen molar-refractivity contribution in [2.75, 3.05) is 27.3 Å². The van der Waals surface area contributed by atoms with Crippen molar-refractivity contribution in [3.05, 3.63) is 59.7 Å². The van der Waals surface area contributed by atoms with Gasteiger partial charge in [0.05, 0.1) is 19.2 Å². The van der Waals surface area contributed by atoms with Gasteiger partial charge in [-0.05, 0) is 29.8 Å². The molecule has 8 heteroatoms. The summed E-state index contributed by atoms with van der Waals surface area (Å²) in [4.78, 5) is 13.4. The molecule has 5 nitrogen and oxygen atoms in total. The quantitative estimate of drug-likeness (QED) is 0.738. The Labute approximate surface area is 155 Å². The molecule has 0 unspecified atom stereocenters. The number of nitrogens with one attached hydrogen (secondary N) is 1. The molecule has 0 aliphatic heterocycles. The maximum absolute atomic E-state index is 12.6. The van der Waals surface area contributed by atoms with Crippen LogP contribution < -0.4 is 14.8 Å². The summed E-state index contributed by atoms with van der Waals surface area (Å²) in [5, 5.41) is 2.69. The fraction of sp³-hybridized carbons (Fsp3) is 0.316. The molecule has 2 aromatic rings. The lowest BCUT2D eigenvalue weighted by Crippen LogP contribution is -2.38. The van der Waals surface area contributed by atoms with Gasteiger partial charge >= 0.3 is 12.2 Å². The van der Waals surface area contributed by atoms with E-state index in [-0.39, 0.29) is 25.7 Å². The van der Waals surface area contributed by atoms with Crippen LogP contribution in [0, 0.1) is 0 Å². The average Bonchev–Trinajstić information content (AvgIpc) is 2.65. The molecular weight excluding hydrogens is 361 g/mol. The van der Waals surface area contributed by atoms with Crippen molar-refractivity contribution >= 4 is 6.03 Å². The minimum Gasteiger partial charge on any atom is -0.493 e. The highest BCUT2D eigenvalue weighted by atomic mass is 19.4. The van der Waals surface area contributed by atoms with Gasteiger partial charge in [0.25, 0.3) is 0 Å². The van der Waals surface area contributed by atoms with Gasteiger partial charge in [0, 0.05) is 13.6 Å². The summed E-state index contributed by atoms with van der Waals surface area (Å²) in [6.45, 7) is 0.714. The largest absolute Gasteiger partial charge is 0.493 e. The topological polar surface area (TPSA) is 50.8 Å². The van der Waals surface area contributed by atoms with E-state index in [1.165, 1.54) is 17.0 Å². The first-order valence-corrected chi connectivity index (χ1v) is 8.22. The molecule has 2 amide bonds. The number of carbonyl (C=O) groups is 1. The molecular formula is C19H21F3N2O3. The SMILES string of the molecule is COc1ccccc1OCCNC(=O)N(C)Cc1ccc(C(F)(F)F)cc1. The second kappa shape index (κ2) is 9.16. The zero-order valence-electron chi connectivity index (χ0n) is 15.0. The highest BCUT2D eigenvalue weighted by Crippen LogP contribution is 2.29. The van der Waals surface area contributed by atoms with Gasteiger partial charge in [-0.2, -0.15) is 13.2 Å². The molecule has 0 atom stereocenters. The molecule has 2 rings (SSSR count). The van der Waals surface area contributed by atoms with E-state index in [0.717, 1.165) is 12.1 Å². The summed E-state index contributed by atoms with van der Waals surface area (Å²) in [6, 6.07) is 11.5. The van der Waals surface area contributed by atoms with Crippen LogP contribution in [0.5, 0.6) is 11.5 Å². The summed E-state index contributed by atoms with van der Waals surface area (Å²) in [7, 11) is 3.11. The Hall–Kier alpha value is -2.90. The zero-order valence-corrected chi connectivity index (χ0v) is 15.0. The van der Waals surface area contributed by atoms with E-state index in [0.29, 0.717) is 17.1 Å². The van der Waals surface area contributed by atoms with E-state index < -0.39 is 11.7 Å². The van der Waals surface area contributed by atoms with Crippen molar-refractivity contribution in [2.45, 2.75) is 12.7 Å². The first-order valence-electron chi connectivity index (χ1n) is 8.22. The van der Waals surface area contributed by atoms with E-state index in [9.17, 15) is 18.0 Å². The highest BCUT2D eigenvalue weighted by molar-refractivity contribution is 5.73. The van der Waals surface area contributed by atoms with Gasteiger partial charge in [-0.15, -0.1) is 0 Å². The minimum atomic E-state index is -4.37. The summed E-state index contributed by atoms with van der Waals surface area (Å²) < 4.78 is 48.4. The minimum absolute atomic E-state index is 0.192. The van der Waals surface area contributed by atoms with Gasteiger partial charge in [0.2, 0.25) is 0 Å². The lowest BCUT2D eigenvalue weighted by molar-refractivity contribution is -0.137. The molecule has 0 saturated carbocycles. The van der Waals surface area contributed by atoms with Gasteiger partial charge < -0.3 is 19.7 Å². The number of methoxy groups -OCH3 is 1. The van der Waals surface area contributed by atoms with Crippen LogP contribution in [0.2, 0.25) is 0 Å². The van der Waals surface area contributed by atoms with Crippen LogP contribution >= 0.6 is 0 Å². The van der Waals surface area contributed by atoms with Crippen LogP contribution in [-0.4, -0.2) is 38.2 Å². The standard InChI is InChI=1S/C19H21F3N2O3/c1-24(13-14-7-9-15(10-8-14)19(20,21)22)18(25)23-11-12-27-17-6-4-3-5-16(17)26-2/h3-10H,11-13H2,1-2H3,(H,23,25). The lowest BCUT2D eigenvalue weighted by atomic mass is 10.1. The van der Waals surface area contributed by atoms with Crippen LogP contribution in [-0.2, 0) is 12.7 Å². The third-order valence-corrected chi connectivity index (χ3v) is 3.75. The third-order valence-electron chi connectivity index (χ3n) is 3.75. The molecule has 0 saturated heterocycles. The molecule has 0 fully saturated rings. The Bertz CT molecular complexity index is 749.